The van der Waals surface area contributed by atoms with Gasteiger partial charge in [0.1, 0.15) is 11.9 Å². The molecule has 0 bridgehead atoms. The maximum atomic E-state index is 8.83. The third-order valence-corrected chi connectivity index (χ3v) is 2.57. The van der Waals surface area contributed by atoms with Crippen LogP contribution in [0.2, 0.25) is 0 Å². The molecule has 0 spiro atoms. The summed E-state index contributed by atoms with van der Waals surface area (Å²) >= 11 is 3.34. The molecule has 0 amide bonds. The molecule has 3 nitrogen and oxygen atoms in total. The van der Waals surface area contributed by atoms with Crippen LogP contribution < -0.4 is 4.74 Å². The average Bonchev–Trinajstić information content (AvgIpc) is 2.27. The van der Waals surface area contributed by atoms with Gasteiger partial charge >= 0.3 is 0 Å². The summed E-state index contributed by atoms with van der Waals surface area (Å²) in [5.41, 5.74) is 0.580. The number of benzene rings is 1. The third-order valence-electron chi connectivity index (χ3n) is 2.11. The van der Waals surface area contributed by atoms with Crippen LogP contribution in [0.15, 0.2) is 22.7 Å². The molecular weight excluding hydrogens is 270 g/mol. The molecule has 0 saturated heterocycles. The fraction of sp³-hybridized carbons (Fsp3) is 0.417. The second kappa shape index (κ2) is 6.51. The smallest absolute Gasteiger partial charge is 0.122 e. The summed E-state index contributed by atoms with van der Waals surface area (Å²) in [4.78, 5) is 0. The lowest BCUT2D eigenvalue weighted by Gasteiger charge is -2.16. The maximum Gasteiger partial charge on any atom is 0.122 e. The van der Waals surface area contributed by atoms with E-state index >= 15 is 0 Å². The van der Waals surface area contributed by atoms with Crippen molar-refractivity contribution in [2.75, 3.05) is 13.7 Å². The van der Waals surface area contributed by atoms with Crippen LogP contribution >= 0.6 is 15.9 Å². The number of nitrogens with zero attached hydrogens (tertiary/aromatic N) is 1. The van der Waals surface area contributed by atoms with E-state index in [-0.39, 0.29) is 6.10 Å². The van der Waals surface area contributed by atoms with E-state index in [1.807, 2.05) is 13.0 Å². The SMILES string of the molecule is CCC(COC)Oc1cc(Br)cc(C#N)c1. The first kappa shape index (κ1) is 13.0. The summed E-state index contributed by atoms with van der Waals surface area (Å²) in [5.74, 6) is 0.690. The number of hydrogen-bond donors (Lipinski definition) is 0. The highest BCUT2D eigenvalue weighted by Crippen LogP contribution is 2.22. The quantitative estimate of drug-likeness (QED) is 0.834. The molecule has 4 heteroatoms. The molecule has 16 heavy (non-hydrogen) atoms. The maximum absolute atomic E-state index is 8.83. The van der Waals surface area contributed by atoms with Crippen molar-refractivity contribution in [2.24, 2.45) is 0 Å². The van der Waals surface area contributed by atoms with Crippen molar-refractivity contribution in [3.63, 3.8) is 0 Å². The van der Waals surface area contributed by atoms with E-state index in [9.17, 15) is 0 Å². The normalized spacial score (nSPS) is 11.9. The Hall–Kier alpha value is -1.05. The van der Waals surface area contributed by atoms with Crippen LogP contribution in [0.3, 0.4) is 0 Å². The molecule has 0 aromatic heterocycles. The fourth-order valence-corrected chi connectivity index (χ4v) is 1.78. The van der Waals surface area contributed by atoms with Crippen LogP contribution in [-0.2, 0) is 4.74 Å². The molecule has 1 atom stereocenters. The summed E-state index contributed by atoms with van der Waals surface area (Å²) in [6.45, 7) is 2.58. The number of halogens is 1. The summed E-state index contributed by atoms with van der Waals surface area (Å²) in [7, 11) is 1.65. The van der Waals surface area contributed by atoms with Crippen LogP contribution in [0, 0.1) is 11.3 Å². The molecule has 1 rings (SSSR count). The van der Waals surface area contributed by atoms with Gasteiger partial charge in [0.2, 0.25) is 0 Å². The summed E-state index contributed by atoms with van der Waals surface area (Å²) in [6.07, 6.45) is 0.883. The molecule has 1 aromatic carbocycles. The predicted octanol–water partition coefficient (Wildman–Crippen LogP) is 3.12. The first-order valence-corrected chi connectivity index (χ1v) is 5.85. The van der Waals surface area contributed by atoms with Crippen molar-refractivity contribution >= 4 is 15.9 Å². The first-order valence-electron chi connectivity index (χ1n) is 5.05. The van der Waals surface area contributed by atoms with Crippen molar-refractivity contribution in [2.45, 2.75) is 19.4 Å². The number of ether oxygens (including phenoxy) is 2. The Bertz CT molecular complexity index is 387. The summed E-state index contributed by atoms with van der Waals surface area (Å²) in [5, 5.41) is 8.83. The molecule has 0 aliphatic carbocycles. The van der Waals surface area contributed by atoms with E-state index in [0.717, 1.165) is 10.9 Å². The van der Waals surface area contributed by atoms with Crippen LogP contribution in [0.4, 0.5) is 0 Å². The van der Waals surface area contributed by atoms with Crippen molar-refractivity contribution in [1.82, 2.24) is 0 Å². The lowest BCUT2D eigenvalue weighted by atomic mass is 10.2. The molecular formula is C12H14BrNO2. The molecule has 0 N–H and O–H groups in total. The highest BCUT2D eigenvalue weighted by Gasteiger charge is 2.08. The van der Waals surface area contributed by atoms with Crippen molar-refractivity contribution in [3.05, 3.63) is 28.2 Å². The second-order valence-electron chi connectivity index (χ2n) is 3.39. The zero-order valence-electron chi connectivity index (χ0n) is 9.37. The largest absolute Gasteiger partial charge is 0.488 e. The van der Waals surface area contributed by atoms with Crippen LogP contribution in [0.25, 0.3) is 0 Å². The number of methoxy groups -OCH3 is 1. The standard InChI is InChI=1S/C12H14BrNO2/c1-3-11(8-15-2)16-12-5-9(7-14)4-10(13)6-12/h4-6,11H,3,8H2,1-2H3. The van der Waals surface area contributed by atoms with Crippen LogP contribution in [0.1, 0.15) is 18.9 Å². The van der Waals surface area contributed by atoms with Crippen molar-refractivity contribution < 1.29 is 9.47 Å². The van der Waals surface area contributed by atoms with Gasteiger partial charge in [-0.25, -0.2) is 0 Å². The fourth-order valence-electron chi connectivity index (χ4n) is 1.31. The van der Waals surface area contributed by atoms with Gasteiger partial charge < -0.3 is 9.47 Å². The van der Waals surface area contributed by atoms with E-state index in [1.54, 1.807) is 19.2 Å². The minimum absolute atomic E-state index is 0.0193. The van der Waals surface area contributed by atoms with E-state index in [2.05, 4.69) is 22.0 Å². The zero-order chi connectivity index (χ0) is 12.0. The van der Waals surface area contributed by atoms with E-state index in [4.69, 9.17) is 14.7 Å². The Kier molecular flexibility index (Phi) is 5.30. The average molecular weight is 284 g/mol. The Labute approximate surface area is 104 Å². The topological polar surface area (TPSA) is 42.2 Å². The number of nitriles is 1. The van der Waals surface area contributed by atoms with Crippen molar-refractivity contribution in [1.29, 1.82) is 5.26 Å². The van der Waals surface area contributed by atoms with Gasteiger partial charge in [0.25, 0.3) is 0 Å². The van der Waals surface area contributed by atoms with Crippen molar-refractivity contribution in [3.8, 4) is 11.8 Å². The van der Waals surface area contributed by atoms with E-state index < -0.39 is 0 Å². The second-order valence-corrected chi connectivity index (χ2v) is 4.31. The zero-order valence-corrected chi connectivity index (χ0v) is 11.0. The van der Waals surface area contributed by atoms with E-state index in [0.29, 0.717) is 17.9 Å². The molecule has 0 fully saturated rings. The minimum atomic E-state index is 0.0193. The first-order chi connectivity index (χ1) is 7.69. The van der Waals surface area contributed by atoms with Crippen LogP contribution in [-0.4, -0.2) is 19.8 Å². The lowest BCUT2D eigenvalue weighted by molar-refractivity contribution is 0.0787. The van der Waals surface area contributed by atoms with Gasteiger partial charge in [0.15, 0.2) is 0 Å². The van der Waals surface area contributed by atoms with Gasteiger partial charge in [0, 0.05) is 11.6 Å². The molecule has 86 valence electrons. The molecule has 1 aromatic rings. The molecule has 0 aliphatic heterocycles. The Morgan fingerprint density at radius 3 is 2.75 bits per heavy atom. The molecule has 0 radical (unpaired) electrons. The minimum Gasteiger partial charge on any atom is -0.488 e. The third kappa shape index (κ3) is 3.84. The molecule has 0 heterocycles. The molecule has 0 aliphatic rings. The number of hydrogen-bond acceptors (Lipinski definition) is 3. The van der Waals surface area contributed by atoms with Gasteiger partial charge in [-0.05, 0) is 24.6 Å². The van der Waals surface area contributed by atoms with Gasteiger partial charge in [-0.2, -0.15) is 5.26 Å². The summed E-state index contributed by atoms with van der Waals surface area (Å²) in [6, 6.07) is 7.42. The highest BCUT2D eigenvalue weighted by molar-refractivity contribution is 9.10. The van der Waals surface area contributed by atoms with Gasteiger partial charge in [-0.3, -0.25) is 0 Å². The molecule has 0 saturated carbocycles. The molecule has 1 unspecified atom stereocenters. The van der Waals surface area contributed by atoms with Gasteiger partial charge in [0.05, 0.1) is 18.2 Å². The lowest BCUT2D eigenvalue weighted by Crippen LogP contribution is -2.21. The monoisotopic (exact) mass is 283 g/mol. The Morgan fingerprint density at radius 2 is 2.19 bits per heavy atom. The Balaban J connectivity index is 2.80. The highest BCUT2D eigenvalue weighted by atomic mass is 79.9. The van der Waals surface area contributed by atoms with Gasteiger partial charge in [-0.15, -0.1) is 0 Å². The predicted molar refractivity (Wildman–Crippen MR) is 65.4 cm³/mol. The van der Waals surface area contributed by atoms with Gasteiger partial charge in [-0.1, -0.05) is 22.9 Å². The summed E-state index contributed by atoms with van der Waals surface area (Å²) < 4.78 is 11.6. The Morgan fingerprint density at radius 1 is 1.44 bits per heavy atom. The van der Waals surface area contributed by atoms with E-state index in [1.165, 1.54) is 0 Å². The number of rotatable bonds is 5. The van der Waals surface area contributed by atoms with Crippen LogP contribution in [0.5, 0.6) is 5.75 Å².